The van der Waals surface area contributed by atoms with Crippen molar-refractivity contribution >= 4 is 17.1 Å². The second-order valence-corrected chi connectivity index (χ2v) is 13.1. The average Bonchev–Trinajstić information content (AvgIpc) is 3.50. The number of hydrogen-bond acceptors (Lipinski definition) is 7. The van der Waals surface area contributed by atoms with Crippen LogP contribution < -0.4 is 9.47 Å². The van der Waals surface area contributed by atoms with E-state index in [1.54, 1.807) is 31.2 Å². The minimum Gasteiger partial charge on any atom is -0.497 e. The zero-order chi connectivity index (χ0) is 29.1. The number of nitrogens with zero attached hydrogens (tertiary/aromatic N) is 3. The van der Waals surface area contributed by atoms with Gasteiger partial charge in [-0.05, 0) is 88.8 Å². The van der Waals surface area contributed by atoms with Crippen LogP contribution in [0.3, 0.4) is 0 Å². The van der Waals surface area contributed by atoms with Gasteiger partial charge in [0.1, 0.15) is 11.5 Å². The van der Waals surface area contributed by atoms with Gasteiger partial charge in [0.15, 0.2) is 5.03 Å². The molecule has 1 aliphatic rings. The molecule has 2 aromatic carbocycles. The molecule has 40 heavy (non-hydrogen) atoms. The van der Waals surface area contributed by atoms with E-state index in [0.717, 1.165) is 17.5 Å². The van der Waals surface area contributed by atoms with Crippen LogP contribution in [0.5, 0.6) is 11.5 Å². The molecule has 0 spiro atoms. The lowest BCUT2D eigenvalue weighted by Crippen LogP contribution is -2.41. The minimum absolute atomic E-state index is 0.0111. The summed E-state index contributed by atoms with van der Waals surface area (Å²) in [5.74, 6) is 1.42. The molecule has 3 aromatic rings. The summed E-state index contributed by atoms with van der Waals surface area (Å²) in [7, 11) is -1.02. The summed E-state index contributed by atoms with van der Waals surface area (Å²) in [5, 5.41) is 4.52. The summed E-state index contributed by atoms with van der Waals surface area (Å²) >= 11 is 0. The summed E-state index contributed by atoms with van der Waals surface area (Å²) in [6, 6.07) is 16.3. The van der Waals surface area contributed by atoms with Crippen molar-refractivity contribution in [1.29, 1.82) is 0 Å². The number of aromatic nitrogens is 2. The van der Waals surface area contributed by atoms with Crippen molar-refractivity contribution < 1.29 is 27.2 Å². The first-order chi connectivity index (χ1) is 18.8. The van der Waals surface area contributed by atoms with Crippen LogP contribution in [0.15, 0.2) is 65.8 Å². The SMILES string of the molecule is COc1ccc(CN(Cc2ccc(OC)cc2)S(=O)(=O)c2ccn(C(C)CCB3OC(C)(C)C(C)(C)O3)n2)cc1. The number of hydrogen-bond donors (Lipinski definition) is 0. The van der Waals surface area contributed by atoms with E-state index in [2.05, 4.69) is 5.10 Å². The number of methoxy groups -OCH3 is 2. The van der Waals surface area contributed by atoms with Crippen LogP contribution in [-0.2, 0) is 32.4 Å². The fourth-order valence-electron chi connectivity index (χ4n) is 4.52. The Balaban J connectivity index is 1.51. The van der Waals surface area contributed by atoms with Gasteiger partial charge in [0.05, 0.1) is 25.4 Å². The quantitative estimate of drug-likeness (QED) is 0.272. The Bertz CT molecular complexity index is 1310. The van der Waals surface area contributed by atoms with Gasteiger partial charge in [-0.2, -0.15) is 9.40 Å². The van der Waals surface area contributed by atoms with Crippen molar-refractivity contribution in [3.63, 3.8) is 0 Å². The number of benzene rings is 2. The Morgan fingerprint density at radius 3 is 1.80 bits per heavy atom. The second kappa shape index (κ2) is 11.9. The summed E-state index contributed by atoms with van der Waals surface area (Å²) in [5.41, 5.74) is 0.914. The highest BCUT2D eigenvalue weighted by atomic mass is 32.2. The van der Waals surface area contributed by atoms with Crippen LogP contribution in [0.4, 0.5) is 0 Å². The molecule has 1 aromatic heterocycles. The third kappa shape index (κ3) is 6.71. The van der Waals surface area contributed by atoms with Gasteiger partial charge in [0.2, 0.25) is 0 Å². The molecule has 1 atom stereocenters. The van der Waals surface area contributed by atoms with E-state index in [1.807, 2.05) is 83.1 Å². The zero-order valence-electron chi connectivity index (χ0n) is 24.5. The highest BCUT2D eigenvalue weighted by molar-refractivity contribution is 7.89. The third-order valence-electron chi connectivity index (χ3n) is 7.80. The highest BCUT2D eigenvalue weighted by Crippen LogP contribution is 2.38. The van der Waals surface area contributed by atoms with E-state index in [9.17, 15) is 8.42 Å². The van der Waals surface area contributed by atoms with E-state index >= 15 is 0 Å². The maximum Gasteiger partial charge on any atom is 0.457 e. The van der Waals surface area contributed by atoms with E-state index in [4.69, 9.17) is 18.8 Å². The zero-order valence-corrected chi connectivity index (χ0v) is 25.3. The van der Waals surface area contributed by atoms with Crippen LogP contribution in [-0.4, -0.2) is 55.0 Å². The third-order valence-corrected chi connectivity index (χ3v) is 9.48. The lowest BCUT2D eigenvalue weighted by molar-refractivity contribution is 0.00578. The number of rotatable bonds is 12. The van der Waals surface area contributed by atoms with Gasteiger partial charge in [-0.1, -0.05) is 24.3 Å². The minimum atomic E-state index is -3.91. The fraction of sp³-hybridized carbons (Fsp3) is 0.483. The molecule has 1 saturated heterocycles. The number of sulfonamides is 1. The van der Waals surface area contributed by atoms with Crippen molar-refractivity contribution in [2.75, 3.05) is 14.2 Å². The molecular weight excluding hydrogens is 529 g/mol. The van der Waals surface area contributed by atoms with Crippen LogP contribution >= 0.6 is 0 Å². The standard InChI is InChI=1S/C29H40BN3O6S/c1-22(16-18-30-38-28(2,3)29(4,5)39-30)33-19-17-27(31-33)40(34,35)32(20-23-8-12-25(36-6)13-9-23)21-24-10-14-26(37-7)15-11-24/h8-15,17,19,22H,16,18,20-21H2,1-7H3. The van der Waals surface area contributed by atoms with E-state index < -0.39 is 10.0 Å². The molecule has 1 aliphatic heterocycles. The first-order valence-electron chi connectivity index (χ1n) is 13.5. The molecule has 0 radical (unpaired) electrons. The van der Waals surface area contributed by atoms with Crippen LogP contribution in [0.1, 0.15) is 58.2 Å². The molecule has 0 saturated carbocycles. The molecule has 4 rings (SSSR count). The lowest BCUT2D eigenvalue weighted by atomic mass is 9.81. The molecule has 216 valence electrons. The first kappa shape index (κ1) is 30.1. The van der Waals surface area contributed by atoms with Crippen molar-refractivity contribution in [3.05, 3.63) is 71.9 Å². The first-order valence-corrected chi connectivity index (χ1v) is 15.0. The molecule has 0 N–H and O–H groups in total. The Labute approximate surface area is 238 Å². The fourth-order valence-corrected chi connectivity index (χ4v) is 5.86. The van der Waals surface area contributed by atoms with Crippen LogP contribution in [0.2, 0.25) is 6.32 Å². The molecule has 1 unspecified atom stereocenters. The van der Waals surface area contributed by atoms with Gasteiger partial charge in [-0.3, -0.25) is 4.68 Å². The second-order valence-electron chi connectivity index (χ2n) is 11.2. The van der Waals surface area contributed by atoms with Gasteiger partial charge in [-0.15, -0.1) is 0 Å². The summed E-state index contributed by atoms with van der Waals surface area (Å²) in [6.07, 6.45) is 3.12. The van der Waals surface area contributed by atoms with Gasteiger partial charge >= 0.3 is 7.12 Å². The van der Waals surface area contributed by atoms with Gasteiger partial charge < -0.3 is 18.8 Å². The Hall–Kier alpha value is -2.86. The molecule has 0 bridgehead atoms. The smallest absolute Gasteiger partial charge is 0.457 e. The maximum absolute atomic E-state index is 13.9. The van der Waals surface area contributed by atoms with Crippen molar-refractivity contribution in [2.24, 2.45) is 0 Å². The molecule has 2 heterocycles. The van der Waals surface area contributed by atoms with Gasteiger partial charge in [0.25, 0.3) is 10.0 Å². The molecule has 0 amide bonds. The van der Waals surface area contributed by atoms with Crippen LogP contribution in [0.25, 0.3) is 0 Å². The topological polar surface area (TPSA) is 92.1 Å². The maximum atomic E-state index is 13.9. The predicted molar refractivity (Wildman–Crippen MR) is 155 cm³/mol. The average molecular weight is 570 g/mol. The van der Waals surface area contributed by atoms with Crippen molar-refractivity contribution in [3.8, 4) is 11.5 Å². The monoisotopic (exact) mass is 569 g/mol. The largest absolute Gasteiger partial charge is 0.497 e. The Morgan fingerprint density at radius 1 is 0.875 bits per heavy atom. The normalized spacial score (nSPS) is 17.2. The van der Waals surface area contributed by atoms with E-state index in [0.29, 0.717) is 17.8 Å². The molecule has 1 fully saturated rings. The summed E-state index contributed by atoms with van der Waals surface area (Å²) < 4.78 is 53.7. The van der Waals surface area contributed by atoms with Gasteiger partial charge in [0, 0.05) is 25.3 Å². The molecular formula is C29H40BN3O6S. The van der Waals surface area contributed by atoms with Crippen molar-refractivity contribution in [2.45, 2.75) is 82.7 Å². The van der Waals surface area contributed by atoms with Gasteiger partial charge in [-0.25, -0.2) is 8.42 Å². The summed E-state index contributed by atoms with van der Waals surface area (Å²) in [6.45, 7) is 10.5. The Kier molecular flexibility index (Phi) is 8.99. The Morgan fingerprint density at radius 2 is 1.35 bits per heavy atom. The van der Waals surface area contributed by atoms with Crippen LogP contribution in [0, 0.1) is 0 Å². The van der Waals surface area contributed by atoms with E-state index in [1.165, 1.54) is 4.31 Å². The predicted octanol–water partition coefficient (Wildman–Crippen LogP) is 5.33. The molecule has 9 nitrogen and oxygen atoms in total. The van der Waals surface area contributed by atoms with Crippen molar-refractivity contribution in [1.82, 2.24) is 14.1 Å². The lowest BCUT2D eigenvalue weighted by Gasteiger charge is -2.32. The number of ether oxygens (including phenoxy) is 2. The summed E-state index contributed by atoms with van der Waals surface area (Å²) in [4.78, 5) is 0. The van der Waals surface area contributed by atoms with E-state index in [-0.39, 0.29) is 42.5 Å². The molecule has 11 heteroatoms. The molecule has 0 aliphatic carbocycles. The highest BCUT2D eigenvalue weighted by Gasteiger charge is 2.50.